The van der Waals surface area contributed by atoms with E-state index in [0.29, 0.717) is 6.04 Å². The number of ether oxygens (including phenoxy) is 1. The lowest BCUT2D eigenvalue weighted by Crippen LogP contribution is -2.36. The molecule has 1 saturated carbocycles. The summed E-state index contributed by atoms with van der Waals surface area (Å²) in [4.78, 5) is 6.90. The van der Waals surface area contributed by atoms with Crippen molar-refractivity contribution in [1.82, 2.24) is 10.3 Å². The SMILES string of the molecule is c1ncc(N2CC3CCC(C3)C2)cc1OCC1CCCN1. The Labute approximate surface area is 126 Å². The average Bonchev–Trinajstić information content (AvgIpc) is 3.15. The summed E-state index contributed by atoms with van der Waals surface area (Å²) < 4.78 is 5.94. The van der Waals surface area contributed by atoms with E-state index in [2.05, 4.69) is 21.3 Å². The molecule has 4 nitrogen and oxygen atoms in total. The van der Waals surface area contributed by atoms with Crippen LogP contribution in [0, 0.1) is 11.8 Å². The molecule has 2 saturated heterocycles. The fourth-order valence-corrected chi connectivity index (χ4v) is 4.17. The second kappa shape index (κ2) is 5.84. The van der Waals surface area contributed by atoms with E-state index in [1.807, 2.05) is 12.4 Å². The van der Waals surface area contributed by atoms with Crippen molar-refractivity contribution in [3.05, 3.63) is 18.5 Å². The molecule has 2 aliphatic heterocycles. The maximum absolute atomic E-state index is 5.94. The van der Waals surface area contributed by atoms with Crippen molar-refractivity contribution in [3.63, 3.8) is 0 Å². The molecule has 21 heavy (non-hydrogen) atoms. The van der Waals surface area contributed by atoms with Gasteiger partial charge in [-0.05, 0) is 50.5 Å². The number of fused-ring (bicyclic) bond motifs is 2. The predicted molar refractivity (Wildman–Crippen MR) is 83.8 cm³/mol. The fourth-order valence-electron chi connectivity index (χ4n) is 4.17. The molecule has 0 aromatic carbocycles. The highest BCUT2D eigenvalue weighted by Gasteiger charge is 2.33. The van der Waals surface area contributed by atoms with E-state index >= 15 is 0 Å². The highest BCUT2D eigenvalue weighted by atomic mass is 16.5. The highest BCUT2D eigenvalue weighted by Crippen LogP contribution is 2.38. The summed E-state index contributed by atoms with van der Waals surface area (Å²) in [6, 6.07) is 2.69. The van der Waals surface area contributed by atoms with Crippen molar-refractivity contribution < 1.29 is 4.74 Å². The van der Waals surface area contributed by atoms with Gasteiger partial charge >= 0.3 is 0 Å². The second-order valence-corrected chi connectivity index (χ2v) is 6.93. The standard InChI is InChI=1S/C17H25N3O/c1-2-15(19-5-1)12-21-17-7-16(8-18-9-17)20-10-13-3-4-14(6-13)11-20/h7-9,13-15,19H,1-6,10-12H2. The quantitative estimate of drug-likeness (QED) is 0.923. The molecule has 3 unspecified atom stereocenters. The Morgan fingerprint density at radius 2 is 2.05 bits per heavy atom. The van der Waals surface area contributed by atoms with Crippen LogP contribution in [0.15, 0.2) is 18.5 Å². The minimum atomic E-state index is 0.513. The summed E-state index contributed by atoms with van der Waals surface area (Å²) in [6.07, 6.45) is 10.6. The summed E-state index contributed by atoms with van der Waals surface area (Å²) in [5, 5.41) is 3.47. The number of piperidine rings is 1. The van der Waals surface area contributed by atoms with Crippen molar-refractivity contribution >= 4 is 5.69 Å². The molecule has 3 heterocycles. The zero-order chi connectivity index (χ0) is 14.1. The van der Waals surface area contributed by atoms with E-state index in [9.17, 15) is 0 Å². The Kier molecular flexibility index (Phi) is 3.72. The molecule has 0 amide bonds. The zero-order valence-corrected chi connectivity index (χ0v) is 12.6. The number of hydrogen-bond acceptors (Lipinski definition) is 4. The van der Waals surface area contributed by atoms with Crippen LogP contribution in [0.3, 0.4) is 0 Å². The van der Waals surface area contributed by atoms with Crippen molar-refractivity contribution in [2.45, 2.75) is 38.1 Å². The van der Waals surface area contributed by atoms with Crippen molar-refractivity contribution in [2.24, 2.45) is 11.8 Å². The van der Waals surface area contributed by atoms with E-state index in [0.717, 1.165) is 30.7 Å². The molecule has 4 rings (SSSR count). The van der Waals surface area contributed by atoms with Crippen LogP contribution in [0.4, 0.5) is 5.69 Å². The summed E-state index contributed by atoms with van der Waals surface area (Å²) in [6.45, 7) is 4.29. The van der Waals surface area contributed by atoms with Gasteiger partial charge in [-0.1, -0.05) is 0 Å². The number of anilines is 1. The molecular weight excluding hydrogens is 262 g/mol. The molecule has 1 aromatic heterocycles. The Hall–Kier alpha value is -1.29. The fraction of sp³-hybridized carbons (Fsp3) is 0.706. The molecule has 3 aliphatic rings. The van der Waals surface area contributed by atoms with E-state index in [-0.39, 0.29) is 0 Å². The summed E-state index contributed by atoms with van der Waals surface area (Å²) in [5.74, 6) is 2.71. The van der Waals surface area contributed by atoms with Gasteiger partial charge in [-0.2, -0.15) is 0 Å². The minimum Gasteiger partial charge on any atom is -0.490 e. The van der Waals surface area contributed by atoms with Gasteiger partial charge in [-0.25, -0.2) is 0 Å². The maximum Gasteiger partial charge on any atom is 0.139 e. The van der Waals surface area contributed by atoms with Crippen LogP contribution in [0.5, 0.6) is 5.75 Å². The van der Waals surface area contributed by atoms with Crippen molar-refractivity contribution in [1.29, 1.82) is 0 Å². The topological polar surface area (TPSA) is 37.4 Å². The molecule has 1 N–H and O–H groups in total. The lowest BCUT2D eigenvalue weighted by molar-refractivity contribution is 0.276. The number of hydrogen-bond donors (Lipinski definition) is 1. The number of pyridine rings is 1. The Balaban J connectivity index is 1.40. The number of rotatable bonds is 4. The first-order valence-electron chi connectivity index (χ1n) is 8.43. The highest BCUT2D eigenvalue weighted by molar-refractivity contribution is 5.48. The number of nitrogens with zero attached hydrogens (tertiary/aromatic N) is 2. The molecule has 4 heteroatoms. The monoisotopic (exact) mass is 287 g/mol. The summed E-state index contributed by atoms with van der Waals surface area (Å²) in [7, 11) is 0. The first kappa shape index (κ1) is 13.4. The Morgan fingerprint density at radius 1 is 1.19 bits per heavy atom. The van der Waals surface area contributed by atoms with Crippen molar-refractivity contribution in [2.75, 3.05) is 31.1 Å². The normalized spacial score (nSPS) is 31.6. The first-order chi connectivity index (χ1) is 10.4. The van der Waals surface area contributed by atoms with Crippen LogP contribution < -0.4 is 15.0 Å². The largest absolute Gasteiger partial charge is 0.490 e. The third kappa shape index (κ3) is 3.00. The van der Waals surface area contributed by atoms with Gasteiger partial charge in [0.05, 0.1) is 18.1 Å². The maximum atomic E-state index is 5.94. The van der Waals surface area contributed by atoms with Crippen LogP contribution >= 0.6 is 0 Å². The van der Waals surface area contributed by atoms with E-state index in [4.69, 9.17) is 4.74 Å². The smallest absolute Gasteiger partial charge is 0.139 e. The predicted octanol–water partition coefficient (Wildman–Crippen LogP) is 2.45. The lowest BCUT2D eigenvalue weighted by atomic mass is 9.98. The Morgan fingerprint density at radius 3 is 2.81 bits per heavy atom. The van der Waals surface area contributed by atoms with Crippen LogP contribution in [-0.2, 0) is 0 Å². The third-order valence-corrected chi connectivity index (χ3v) is 5.28. The van der Waals surface area contributed by atoms with E-state index < -0.39 is 0 Å². The molecular formula is C17H25N3O. The summed E-state index contributed by atoms with van der Waals surface area (Å²) in [5.41, 5.74) is 1.24. The van der Waals surface area contributed by atoms with Crippen LogP contribution in [0.1, 0.15) is 32.1 Å². The molecule has 114 valence electrons. The molecule has 0 spiro atoms. The van der Waals surface area contributed by atoms with Gasteiger partial charge in [0.25, 0.3) is 0 Å². The van der Waals surface area contributed by atoms with Gasteiger partial charge < -0.3 is 15.0 Å². The van der Waals surface area contributed by atoms with Crippen molar-refractivity contribution in [3.8, 4) is 5.75 Å². The molecule has 1 aromatic rings. The van der Waals surface area contributed by atoms with Crippen LogP contribution in [0.25, 0.3) is 0 Å². The molecule has 2 bridgehead atoms. The number of nitrogens with one attached hydrogen (secondary N) is 1. The van der Waals surface area contributed by atoms with Gasteiger partial charge in [0.1, 0.15) is 12.4 Å². The third-order valence-electron chi connectivity index (χ3n) is 5.28. The van der Waals surface area contributed by atoms with Gasteiger partial charge in [0.15, 0.2) is 0 Å². The summed E-state index contributed by atoms with van der Waals surface area (Å²) >= 11 is 0. The van der Waals surface area contributed by atoms with Crippen LogP contribution in [-0.4, -0.2) is 37.3 Å². The molecule has 3 atom stereocenters. The Bertz CT molecular complexity index is 475. The van der Waals surface area contributed by atoms with E-state index in [1.165, 1.54) is 50.9 Å². The molecule has 0 radical (unpaired) electrons. The lowest BCUT2D eigenvalue weighted by Gasteiger charge is -2.33. The number of aromatic nitrogens is 1. The van der Waals surface area contributed by atoms with Gasteiger partial charge in [-0.15, -0.1) is 0 Å². The van der Waals surface area contributed by atoms with Gasteiger partial charge in [0.2, 0.25) is 0 Å². The zero-order valence-electron chi connectivity index (χ0n) is 12.6. The second-order valence-electron chi connectivity index (χ2n) is 6.93. The molecule has 1 aliphatic carbocycles. The average molecular weight is 287 g/mol. The van der Waals surface area contributed by atoms with Gasteiger partial charge in [-0.3, -0.25) is 4.98 Å². The van der Waals surface area contributed by atoms with E-state index in [1.54, 1.807) is 0 Å². The van der Waals surface area contributed by atoms with Gasteiger partial charge in [0, 0.05) is 25.2 Å². The first-order valence-corrected chi connectivity index (χ1v) is 8.43. The van der Waals surface area contributed by atoms with Crippen LogP contribution in [0.2, 0.25) is 0 Å². The minimum absolute atomic E-state index is 0.513. The molecule has 3 fully saturated rings.